The van der Waals surface area contributed by atoms with Crippen molar-refractivity contribution in [1.29, 1.82) is 0 Å². The van der Waals surface area contributed by atoms with Crippen LogP contribution in [0.2, 0.25) is 0 Å². The summed E-state index contributed by atoms with van der Waals surface area (Å²) in [6.07, 6.45) is 23.6. The minimum atomic E-state index is -0.975. The van der Waals surface area contributed by atoms with E-state index in [-0.39, 0.29) is 56.4 Å². The summed E-state index contributed by atoms with van der Waals surface area (Å²) in [5.41, 5.74) is 1.90. The molecule has 3 unspecified atom stereocenters. The SMILES string of the molecule is CCCC(=O)O[C@H]1CC[C@@]2(C)C(CC[C@]3(C)C2CC=C2C4CC(C)(C)CC[C@]4(C(=O)NCCCCCCCCCCC(=O)N[C@H](C(=O)O)C(C)C)CC[C@]23C)C1(C)C. The molecule has 4 fully saturated rings. The van der Waals surface area contributed by atoms with Gasteiger partial charge < -0.3 is 20.5 Å². The first-order chi connectivity index (χ1) is 27.2. The van der Waals surface area contributed by atoms with Crippen molar-refractivity contribution in [3.8, 4) is 0 Å². The van der Waals surface area contributed by atoms with E-state index in [2.05, 4.69) is 65.2 Å². The fourth-order valence-corrected chi connectivity index (χ4v) is 13.9. The summed E-state index contributed by atoms with van der Waals surface area (Å²) in [6.45, 7) is 23.9. The van der Waals surface area contributed by atoms with E-state index in [4.69, 9.17) is 4.74 Å². The van der Waals surface area contributed by atoms with Gasteiger partial charge in [0.1, 0.15) is 12.1 Å². The topological polar surface area (TPSA) is 122 Å². The maximum atomic E-state index is 14.5. The monoisotopic (exact) mass is 809 g/mol. The van der Waals surface area contributed by atoms with Gasteiger partial charge in [-0.25, -0.2) is 4.79 Å². The van der Waals surface area contributed by atoms with Crippen molar-refractivity contribution in [2.45, 2.75) is 216 Å². The van der Waals surface area contributed by atoms with Gasteiger partial charge in [0.25, 0.3) is 0 Å². The second-order valence-electron chi connectivity index (χ2n) is 22.4. The zero-order chi connectivity index (χ0) is 42.7. The number of unbranched alkanes of at least 4 members (excludes halogenated alkanes) is 7. The van der Waals surface area contributed by atoms with E-state index < -0.39 is 12.0 Å². The zero-order valence-electron chi connectivity index (χ0n) is 38.6. The normalized spacial score (nSPS) is 35.3. The van der Waals surface area contributed by atoms with Gasteiger partial charge in [-0.15, -0.1) is 0 Å². The minimum Gasteiger partial charge on any atom is -0.480 e. The van der Waals surface area contributed by atoms with E-state index in [0.29, 0.717) is 36.5 Å². The number of fused-ring (bicyclic) bond motifs is 7. The first kappa shape index (κ1) is 46.7. The standard InChI is InChI=1S/C50H84N2O6/c1-11-20-41(54)58-39-25-26-47(8)37(46(39,6)7)24-27-49(10)38(47)23-22-35-36-33-45(4,5)28-30-50(36,31-29-48(35,49)9)44(57)51-32-19-17-15-13-12-14-16-18-21-40(53)52-42(34(2)3)43(55)56/h22,34,36-39,42H,11-21,23-33H2,1-10H3,(H,51,57)(H,52,53)(H,55,56)/t36?,37?,38?,39-,42-,47-,48+,49+,50-/m0/s1. The van der Waals surface area contributed by atoms with Crippen LogP contribution in [-0.4, -0.2) is 47.6 Å². The van der Waals surface area contributed by atoms with E-state index in [1.807, 2.05) is 20.8 Å². The van der Waals surface area contributed by atoms with Gasteiger partial charge in [-0.1, -0.05) is 119 Å². The summed E-state index contributed by atoms with van der Waals surface area (Å²) in [6, 6.07) is -0.822. The molecule has 4 saturated carbocycles. The molecular formula is C50H84N2O6. The number of esters is 1. The summed E-state index contributed by atoms with van der Waals surface area (Å²) in [5.74, 6) is 0.379. The van der Waals surface area contributed by atoms with E-state index in [0.717, 1.165) is 116 Å². The minimum absolute atomic E-state index is 0.00635. The first-order valence-electron chi connectivity index (χ1n) is 23.9. The number of hydrogen-bond acceptors (Lipinski definition) is 5. The number of rotatable bonds is 18. The molecular weight excluding hydrogens is 725 g/mol. The van der Waals surface area contributed by atoms with Crippen molar-refractivity contribution in [2.24, 2.45) is 56.2 Å². The van der Waals surface area contributed by atoms with Crippen LogP contribution in [0.25, 0.3) is 0 Å². The van der Waals surface area contributed by atoms with Crippen molar-refractivity contribution in [2.75, 3.05) is 6.54 Å². The predicted octanol–water partition coefficient (Wildman–Crippen LogP) is 11.4. The Hall–Kier alpha value is -2.38. The lowest BCUT2D eigenvalue weighted by molar-refractivity contribution is -0.213. The third-order valence-electron chi connectivity index (χ3n) is 17.6. The fraction of sp³-hybridized carbons (Fsp3) is 0.880. The van der Waals surface area contributed by atoms with Crippen LogP contribution in [0.4, 0.5) is 0 Å². The number of carboxylic acid groups (broad SMARTS) is 1. The van der Waals surface area contributed by atoms with Crippen molar-refractivity contribution in [1.82, 2.24) is 10.6 Å². The highest BCUT2D eigenvalue weighted by atomic mass is 16.5. The molecule has 9 atom stereocenters. The highest BCUT2D eigenvalue weighted by Gasteiger charge is 2.69. The molecule has 5 rings (SSSR count). The second-order valence-corrected chi connectivity index (χ2v) is 22.4. The molecule has 0 aliphatic heterocycles. The van der Waals surface area contributed by atoms with Crippen LogP contribution in [0.3, 0.4) is 0 Å². The molecule has 8 heteroatoms. The third-order valence-corrected chi connectivity index (χ3v) is 17.6. The largest absolute Gasteiger partial charge is 0.480 e. The Morgan fingerprint density at radius 3 is 2.07 bits per heavy atom. The molecule has 330 valence electrons. The highest BCUT2D eigenvalue weighted by molar-refractivity contribution is 5.84. The maximum Gasteiger partial charge on any atom is 0.326 e. The van der Waals surface area contributed by atoms with E-state index in [1.165, 1.54) is 12.8 Å². The molecule has 0 spiro atoms. The number of nitrogens with one attached hydrogen (secondary N) is 2. The van der Waals surface area contributed by atoms with Crippen molar-refractivity contribution in [3.63, 3.8) is 0 Å². The first-order valence-corrected chi connectivity index (χ1v) is 23.9. The average molecular weight is 809 g/mol. The number of amides is 2. The van der Waals surface area contributed by atoms with Crippen molar-refractivity contribution < 1.29 is 29.0 Å². The van der Waals surface area contributed by atoms with Gasteiger partial charge in [0, 0.05) is 24.8 Å². The zero-order valence-corrected chi connectivity index (χ0v) is 38.6. The molecule has 0 radical (unpaired) electrons. The Labute approximate surface area is 353 Å². The number of aliphatic carboxylic acids is 1. The summed E-state index contributed by atoms with van der Waals surface area (Å²) < 4.78 is 6.20. The van der Waals surface area contributed by atoms with Crippen LogP contribution >= 0.6 is 0 Å². The van der Waals surface area contributed by atoms with Gasteiger partial charge in [0.15, 0.2) is 0 Å². The third kappa shape index (κ3) is 9.12. The number of allylic oxidation sites excluding steroid dienone is 2. The molecule has 2 amide bonds. The number of hydrogen-bond donors (Lipinski definition) is 3. The lowest BCUT2D eigenvalue weighted by Crippen LogP contribution is -2.65. The summed E-state index contributed by atoms with van der Waals surface area (Å²) in [5, 5.41) is 15.5. The summed E-state index contributed by atoms with van der Waals surface area (Å²) >= 11 is 0. The van der Waals surface area contributed by atoms with Gasteiger partial charge >= 0.3 is 11.9 Å². The second kappa shape index (κ2) is 18.3. The number of carboxylic acids is 1. The van der Waals surface area contributed by atoms with Gasteiger partial charge in [-0.2, -0.15) is 0 Å². The lowest BCUT2D eigenvalue weighted by Gasteiger charge is -2.71. The molecule has 5 aliphatic carbocycles. The Kier molecular flexibility index (Phi) is 14.7. The van der Waals surface area contributed by atoms with Crippen LogP contribution in [0.15, 0.2) is 11.6 Å². The van der Waals surface area contributed by atoms with Gasteiger partial charge in [-0.05, 0) is 129 Å². The Morgan fingerprint density at radius 2 is 1.43 bits per heavy atom. The number of ether oxygens (including phenoxy) is 1. The van der Waals surface area contributed by atoms with Crippen LogP contribution in [0, 0.1) is 56.2 Å². The number of carbonyl (C=O) groups is 4. The Morgan fingerprint density at radius 1 is 0.793 bits per heavy atom. The van der Waals surface area contributed by atoms with Gasteiger partial charge in [0.2, 0.25) is 11.8 Å². The smallest absolute Gasteiger partial charge is 0.326 e. The quantitative estimate of drug-likeness (QED) is 0.0720. The molecule has 5 aliphatic rings. The fourth-order valence-electron chi connectivity index (χ4n) is 13.9. The highest BCUT2D eigenvalue weighted by Crippen LogP contribution is 2.76. The summed E-state index contributed by atoms with van der Waals surface area (Å²) in [4.78, 5) is 50.8. The van der Waals surface area contributed by atoms with Gasteiger partial charge in [0.05, 0.1) is 5.41 Å². The average Bonchev–Trinajstić information content (AvgIpc) is 3.13. The van der Waals surface area contributed by atoms with Crippen LogP contribution in [0.1, 0.15) is 204 Å². The number of carbonyl (C=O) groups excluding carboxylic acids is 3. The molecule has 0 aromatic rings. The van der Waals surface area contributed by atoms with E-state index in [9.17, 15) is 24.3 Å². The molecule has 0 bridgehead atoms. The van der Waals surface area contributed by atoms with E-state index >= 15 is 0 Å². The predicted molar refractivity (Wildman–Crippen MR) is 233 cm³/mol. The molecule has 0 heterocycles. The molecule has 3 N–H and O–H groups in total. The molecule has 8 nitrogen and oxygen atoms in total. The molecule has 58 heavy (non-hydrogen) atoms. The van der Waals surface area contributed by atoms with Crippen molar-refractivity contribution >= 4 is 23.8 Å². The lowest BCUT2D eigenvalue weighted by atomic mass is 9.33. The molecule has 0 saturated heterocycles. The Bertz CT molecular complexity index is 1520. The molecule has 0 aromatic carbocycles. The van der Waals surface area contributed by atoms with Crippen LogP contribution < -0.4 is 10.6 Å². The van der Waals surface area contributed by atoms with Crippen LogP contribution in [0.5, 0.6) is 0 Å². The Balaban J connectivity index is 1.15. The van der Waals surface area contributed by atoms with Crippen molar-refractivity contribution in [3.05, 3.63) is 11.6 Å². The molecule has 0 aromatic heterocycles. The van der Waals surface area contributed by atoms with E-state index in [1.54, 1.807) is 5.57 Å². The summed E-state index contributed by atoms with van der Waals surface area (Å²) in [7, 11) is 0. The maximum absolute atomic E-state index is 14.5. The van der Waals surface area contributed by atoms with Crippen LogP contribution in [-0.2, 0) is 23.9 Å². The van der Waals surface area contributed by atoms with Gasteiger partial charge in [-0.3, -0.25) is 14.4 Å².